The average Bonchev–Trinajstić information content (AvgIpc) is 3.63. The lowest BCUT2D eigenvalue weighted by molar-refractivity contribution is 0.230. The number of aromatic hydroxyl groups is 1. The number of aromatic nitrogens is 1. The van der Waals surface area contributed by atoms with Crippen LogP contribution >= 0.6 is 7.60 Å². The first-order chi connectivity index (χ1) is 21.1. The zero-order valence-corrected chi connectivity index (χ0v) is 27.0. The van der Waals surface area contributed by atoms with E-state index in [-0.39, 0.29) is 19.1 Å². The second-order valence-electron chi connectivity index (χ2n) is 10.6. The maximum Gasteiger partial charge on any atom is 0.361 e. The van der Waals surface area contributed by atoms with Gasteiger partial charge in [-0.1, -0.05) is 30.3 Å². The third kappa shape index (κ3) is 7.08. The smallest absolute Gasteiger partial charge is 0.361 e. The Kier molecular flexibility index (Phi) is 9.92. The molecule has 3 aromatic carbocycles. The standard InChI is InChI=1S/C32H39N4O6PS/c1-4-41-43(38,42-5-2)27-17-18-29-28(23-27)30(32(37)34-29)31(24-11-7-6-8-12-24)33-25-13-15-26(16-14-25)36(44(3,39)40)22-21-35-19-9-10-20-35/h6-8,11-18,23,34,37H,4-5,9-10,19-22H2,1-3H3. The van der Waals surface area contributed by atoms with Crippen LogP contribution in [0.15, 0.2) is 77.8 Å². The van der Waals surface area contributed by atoms with Gasteiger partial charge in [0.15, 0.2) is 5.88 Å². The van der Waals surface area contributed by atoms with Crippen molar-refractivity contribution >= 4 is 50.9 Å². The van der Waals surface area contributed by atoms with Crippen LogP contribution in [0.25, 0.3) is 10.9 Å². The largest absolute Gasteiger partial charge is 0.494 e. The van der Waals surface area contributed by atoms with Crippen LogP contribution in [0.5, 0.6) is 5.88 Å². The van der Waals surface area contributed by atoms with Gasteiger partial charge in [0.05, 0.1) is 47.4 Å². The van der Waals surface area contributed by atoms with E-state index in [9.17, 15) is 18.1 Å². The second-order valence-corrected chi connectivity index (χ2v) is 14.6. The molecule has 1 aliphatic heterocycles. The van der Waals surface area contributed by atoms with Crippen LogP contribution in [-0.2, 0) is 23.6 Å². The quantitative estimate of drug-likeness (QED) is 0.140. The number of H-pyrrole nitrogens is 1. The van der Waals surface area contributed by atoms with Crippen molar-refractivity contribution in [3.8, 4) is 5.88 Å². The van der Waals surface area contributed by atoms with Gasteiger partial charge < -0.3 is 24.0 Å². The van der Waals surface area contributed by atoms with E-state index < -0.39 is 17.6 Å². The Balaban J connectivity index is 1.56. The number of sulfonamides is 1. The molecular weight excluding hydrogens is 599 g/mol. The topological polar surface area (TPSA) is 125 Å². The predicted molar refractivity (Wildman–Crippen MR) is 177 cm³/mol. The minimum absolute atomic E-state index is 0.0933. The van der Waals surface area contributed by atoms with E-state index >= 15 is 0 Å². The molecule has 0 radical (unpaired) electrons. The summed E-state index contributed by atoms with van der Waals surface area (Å²) in [6.07, 6.45) is 3.50. The number of anilines is 1. The second kappa shape index (κ2) is 13.7. The summed E-state index contributed by atoms with van der Waals surface area (Å²) in [5.74, 6) is -0.0933. The van der Waals surface area contributed by atoms with Crippen molar-refractivity contribution in [1.29, 1.82) is 0 Å². The first-order valence-electron chi connectivity index (χ1n) is 14.8. The number of benzene rings is 3. The molecule has 0 spiro atoms. The van der Waals surface area contributed by atoms with Crippen LogP contribution in [-0.4, -0.2) is 74.8 Å². The molecule has 0 bridgehead atoms. The highest BCUT2D eigenvalue weighted by atomic mass is 32.2. The van der Waals surface area contributed by atoms with E-state index in [0.717, 1.165) is 31.5 Å². The van der Waals surface area contributed by atoms with Crippen molar-refractivity contribution in [3.05, 3.63) is 83.9 Å². The third-order valence-electron chi connectivity index (χ3n) is 7.56. The van der Waals surface area contributed by atoms with Gasteiger partial charge in [-0.25, -0.2) is 13.4 Å². The van der Waals surface area contributed by atoms with Crippen molar-refractivity contribution in [3.63, 3.8) is 0 Å². The summed E-state index contributed by atoms with van der Waals surface area (Å²) in [5.41, 5.74) is 3.42. The molecule has 2 heterocycles. The van der Waals surface area contributed by atoms with E-state index in [0.29, 0.717) is 51.9 Å². The molecule has 0 unspecified atom stereocenters. The van der Waals surface area contributed by atoms with Gasteiger partial charge in [0.2, 0.25) is 10.0 Å². The number of likely N-dealkylation sites (tertiary alicyclic amines) is 1. The number of nitrogens with one attached hydrogen (secondary N) is 1. The number of nitrogens with zero attached hydrogens (tertiary/aromatic N) is 3. The molecule has 1 saturated heterocycles. The monoisotopic (exact) mass is 638 g/mol. The first kappa shape index (κ1) is 31.9. The summed E-state index contributed by atoms with van der Waals surface area (Å²) in [6, 6.07) is 21.6. The van der Waals surface area contributed by atoms with Gasteiger partial charge in [-0.2, -0.15) is 0 Å². The van der Waals surface area contributed by atoms with Crippen molar-refractivity contribution in [2.45, 2.75) is 26.7 Å². The molecule has 0 aliphatic carbocycles. The zero-order valence-electron chi connectivity index (χ0n) is 25.3. The highest BCUT2D eigenvalue weighted by Crippen LogP contribution is 2.47. The fraction of sp³-hybridized carbons (Fsp3) is 0.344. The number of aromatic amines is 1. The molecule has 1 aromatic heterocycles. The van der Waals surface area contributed by atoms with Crippen molar-refractivity contribution in [1.82, 2.24) is 9.88 Å². The number of fused-ring (bicyclic) bond motifs is 1. The van der Waals surface area contributed by atoms with Crippen molar-refractivity contribution in [2.24, 2.45) is 4.99 Å². The molecule has 44 heavy (non-hydrogen) atoms. The SMILES string of the molecule is CCOP(=O)(OCC)c1ccc2[nH]c(O)c(C(=Nc3ccc(N(CCN4CCCC4)S(C)(=O)=O)cc3)c3ccccc3)c2c1. The average molecular weight is 639 g/mol. The number of hydrogen-bond acceptors (Lipinski definition) is 8. The molecule has 2 N–H and O–H groups in total. The molecule has 1 aliphatic rings. The van der Waals surface area contributed by atoms with E-state index in [1.54, 1.807) is 56.3 Å². The summed E-state index contributed by atoms with van der Waals surface area (Å²) < 4.78 is 51.6. The number of rotatable bonds is 13. The van der Waals surface area contributed by atoms with Crippen molar-refractivity contribution < 1.29 is 27.1 Å². The summed E-state index contributed by atoms with van der Waals surface area (Å²) in [6.45, 7) is 6.96. The van der Waals surface area contributed by atoms with Gasteiger partial charge in [0.1, 0.15) is 0 Å². The van der Waals surface area contributed by atoms with Crippen LogP contribution in [0.2, 0.25) is 0 Å². The fourth-order valence-corrected chi connectivity index (χ4v) is 8.03. The Hall–Kier alpha value is -3.47. The molecule has 0 atom stereocenters. The Labute approximate surface area is 258 Å². The molecular formula is C32H39N4O6PS. The summed E-state index contributed by atoms with van der Waals surface area (Å²) >= 11 is 0. The minimum atomic E-state index is -3.59. The molecule has 10 nitrogen and oxygen atoms in total. The predicted octanol–water partition coefficient (Wildman–Crippen LogP) is 5.80. The first-order valence-corrected chi connectivity index (χ1v) is 18.2. The normalized spacial score (nSPS) is 14.8. The van der Waals surface area contributed by atoms with Crippen LogP contribution in [0.1, 0.15) is 37.8 Å². The Morgan fingerprint density at radius 2 is 1.66 bits per heavy atom. The van der Waals surface area contributed by atoms with Gasteiger partial charge in [0.25, 0.3) is 0 Å². The summed E-state index contributed by atoms with van der Waals surface area (Å²) in [5, 5.41) is 12.1. The fourth-order valence-electron chi connectivity index (χ4n) is 5.51. The van der Waals surface area contributed by atoms with Gasteiger partial charge in [0, 0.05) is 29.6 Å². The highest BCUT2D eigenvalue weighted by Gasteiger charge is 2.29. The third-order valence-corrected chi connectivity index (χ3v) is 10.9. The lowest BCUT2D eigenvalue weighted by Crippen LogP contribution is -2.37. The van der Waals surface area contributed by atoms with Crippen LogP contribution < -0.4 is 9.61 Å². The lowest BCUT2D eigenvalue weighted by Gasteiger charge is -2.25. The number of hydrogen-bond donors (Lipinski definition) is 2. The van der Waals surface area contributed by atoms with E-state index in [2.05, 4.69) is 9.88 Å². The molecule has 1 fully saturated rings. The van der Waals surface area contributed by atoms with Gasteiger partial charge in [-0.3, -0.25) is 8.87 Å². The highest BCUT2D eigenvalue weighted by molar-refractivity contribution is 7.92. The van der Waals surface area contributed by atoms with Crippen LogP contribution in [0.3, 0.4) is 0 Å². The van der Waals surface area contributed by atoms with Gasteiger partial charge in [-0.05, 0) is 82.2 Å². The van der Waals surface area contributed by atoms with Gasteiger partial charge >= 0.3 is 7.60 Å². The zero-order chi connectivity index (χ0) is 31.3. The van der Waals surface area contributed by atoms with E-state index in [1.807, 2.05) is 30.3 Å². The molecule has 12 heteroatoms. The maximum absolute atomic E-state index is 13.6. The molecule has 4 aromatic rings. The van der Waals surface area contributed by atoms with Gasteiger partial charge in [-0.15, -0.1) is 0 Å². The number of aliphatic imine (C=N–C) groups is 1. The Bertz CT molecular complexity index is 1760. The molecule has 5 rings (SSSR count). The summed E-state index contributed by atoms with van der Waals surface area (Å²) in [7, 11) is -7.08. The Morgan fingerprint density at radius 3 is 2.27 bits per heavy atom. The molecule has 234 valence electrons. The van der Waals surface area contributed by atoms with E-state index in [4.69, 9.17) is 14.0 Å². The Morgan fingerprint density at radius 1 is 1.00 bits per heavy atom. The van der Waals surface area contributed by atoms with Crippen molar-refractivity contribution in [2.75, 3.05) is 50.0 Å². The lowest BCUT2D eigenvalue weighted by atomic mass is 10.0. The van der Waals surface area contributed by atoms with E-state index in [1.165, 1.54) is 10.6 Å². The summed E-state index contributed by atoms with van der Waals surface area (Å²) in [4.78, 5) is 10.2. The molecule has 0 saturated carbocycles. The minimum Gasteiger partial charge on any atom is -0.494 e. The van der Waals surface area contributed by atoms with Crippen LogP contribution in [0, 0.1) is 0 Å². The molecule has 0 amide bonds. The maximum atomic E-state index is 13.6. The van der Waals surface area contributed by atoms with Crippen LogP contribution in [0.4, 0.5) is 11.4 Å².